The Kier molecular flexibility index (Phi) is 4.56. The fraction of sp³-hybridized carbons (Fsp3) is 0.471. The number of aromatic amines is 1. The molecule has 0 saturated heterocycles. The molecular weight excluding hydrogens is 262 g/mol. The van der Waals surface area contributed by atoms with E-state index in [1.165, 1.54) is 16.6 Å². The molecule has 114 valence electrons. The minimum atomic E-state index is -0.0950. The zero-order valence-corrected chi connectivity index (χ0v) is 13.3. The van der Waals surface area contributed by atoms with Crippen molar-refractivity contribution in [3.05, 3.63) is 35.5 Å². The lowest BCUT2D eigenvalue weighted by molar-refractivity contribution is 0.235. The summed E-state index contributed by atoms with van der Waals surface area (Å²) in [6.07, 6.45) is 0.832. The Morgan fingerprint density at radius 1 is 1.19 bits per heavy atom. The second-order valence-electron chi connectivity index (χ2n) is 6.69. The molecule has 0 aliphatic carbocycles. The summed E-state index contributed by atoms with van der Waals surface area (Å²) in [6, 6.07) is 8.17. The molecule has 2 amide bonds. The van der Waals surface area contributed by atoms with Gasteiger partial charge in [-0.05, 0) is 30.4 Å². The van der Waals surface area contributed by atoms with Crippen molar-refractivity contribution in [3.8, 4) is 0 Å². The predicted octanol–water partition coefficient (Wildman–Crippen LogP) is 3.36. The number of para-hydroxylation sites is 1. The third-order valence-corrected chi connectivity index (χ3v) is 3.47. The van der Waals surface area contributed by atoms with E-state index in [2.05, 4.69) is 55.4 Å². The number of nitrogens with one attached hydrogen (secondary N) is 3. The van der Waals surface area contributed by atoms with Crippen LogP contribution in [0.4, 0.5) is 4.79 Å². The Bertz CT molecular complexity index is 622. The summed E-state index contributed by atoms with van der Waals surface area (Å²) >= 11 is 0. The lowest BCUT2D eigenvalue weighted by atomic mass is 9.97. The van der Waals surface area contributed by atoms with Crippen LogP contribution < -0.4 is 10.6 Å². The fourth-order valence-corrected chi connectivity index (χ4v) is 2.37. The first-order valence-electron chi connectivity index (χ1n) is 7.45. The molecule has 0 spiro atoms. The molecule has 0 bridgehead atoms. The third-order valence-electron chi connectivity index (χ3n) is 3.47. The summed E-state index contributed by atoms with van der Waals surface area (Å²) in [6.45, 7) is 9.69. The van der Waals surface area contributed by atoms with E-state index in [1.807, 2.05) is 12.1 Å². The van der Waals surface area contributed by atoms with Crippen LogP contribution in [-0.4, -0.2) is 24.1 Å². The maximum absolute atomic E-state index is 11.7. The number of carbonyl (C=O) groups excluding carboxylic acids is 1. The summed E-state index contributed by atoms with van der Waals surface area (Å²) in [5.41, 5.74) is 3.71. The number of hydrogen-bond acceptors (Lipinski definition) is 1. The van der Waals surface area contributed by atoms with Gasteiger partial charge in [0.25, 0.3) is 0 Å². The monoisotopic (exact) mass is 287 g/mol. The SMILES string of the molecule is Cc1[nH]c2ccccc2c1CCNC(=O)NCC(C)(C)C. The van der Waals surface area contributed by atoms with Crippen molar-refractivity contribution in [1.29, 1.82) is 0 Å². The van der Waals surface area contributed by atoms with Crippen molar-refractivity contribution < 1.29 is 4.79 Å². The van der Waals surface area contributed by atoms with E-state index in [1.54, 1.807) is 0 Å². The zero-order valence-electron chi connectivity index (χ0n) is 13.3. The van der Waals surface area contributed by atoms with Gasteiger partial charge in [0.2, 0.25) is 0 Å². The Morgan fingerprint density at radius 2 is 1.90 bits per heavy atom. The maximum atomic E-state index is 11.7. The number of H-pyrrole nitrogens is 1. The molecule has 21 heavy (non-hydrogen) atoms. The van der Waals surface area contributed by atoms with Crippen LogP contribution in [0.2, 0.25) is 0 Å². The molecule has 1 aromatic heterocycles. The normalized spacial score (nSPS) is 11.6. The molecule has 1 heterocycles. The van der Waals surface area contributed by atoms with Crippen LogP contribution in [-0.2, 0) is 6.42 Å². The van der Waals surface area contributed by atoms with Crippen molar-refractivity contribution in [2.24, 2.45) is 5.41 Å². The summed E-state index contributed by atoms with van der Waals surface area (Å²) < 4.78 is 0. The molecule has 2 rings (SSSR count). The van der Waals surface area contributed by atoms with Crippen LogP contribution in [0.3, 0.4) is 0 Å². The molecule has 0 fully saturated rings. The molecule has 1 aromatic carbocycles. The van der Waals surface area contributed by atoms with Crippen LogP contribution in [0.1, 0.15) is 32.0 Å². The highest BCUT2D eigenvalue weighted by atomic mass is 16.2. The molecule has 0 atom stereocenters. The summed E-state index contributed by atoms with van der Waals surface area (Å²) in [5, 5.41) is 7.06. The maximum Gasteiger partial charge on any atom is 0.314 e. The number of urea groups is 1. The molecule has 2 aromatic rings. The van der Waals surface area contributed by atoms with Crippen LogP contribution in [0.15, 0.2) is 24.3 Å². The highest BCUT2D eigenvalue weighted by Crippen LogP contribution is 2.21. The molecule has 3 N–H and O–H groups in total. The smallest absolute Gasteiger partial charge is 0.314 e. The van der Waals surface area contributed by atoms with Crippen molar-refractivity contribution in [3.63, 3.8) is 0 Å². The van der Waals surface area contributed by atoms with Gasteiger partial charge in [-0.1, -0.05) is 39.0 Å². The molecule has 0 radical (unpaired) electrons. The Hall–Kier alpha value is -1.97. The van der Waals surface area contributed by atoms with Gasteiger partial charge in [0.05, 0.1) is 0 Å². The number of fused-ring (bicyclic) bond motifs is 1. The number of aromatic nitrogens is 1. The van der Waals surface area contributed by atoms with Gasteiger partial charge in [0.15, 0.2) is 0 Å². The summed E-state index contributed by atoms with van der Waals surface area (Å²) in [7, 11) is 0. The van der Waals surface area contributed by atoms with Gasteiger partial charge in [-0.2, -0.15) is 0 Å². The number of rotatable bonds is 4. The number of hydrogen-bond donors (Lipinski definition) is 3. The van der Waals surface area contributed by atoms with E-state index in [9.17, 15) is 4.79 Å². The number of aryl methyl sites for hydroxylation is 1. The zero-order chi connectivity index (χ0) is 15.5. The van der Waals surface area contributed by atoms with Gasteiger partial charge >= 0.3 is 6.03 Å². The van der Waals surface area contributed by atoms with Crippen molar-refractivity contribution >= 4 is 16.9 Å². The molecule has 4 heteroatoms. The highest BCUT2D eigenvalue weighted by molar-refractivity contribution is 5.84. The van der Waals surface area contributed by atoms with Gasteiger partial charge in [-0.3, -0.25) is 0 Å². The van der Waals surface area contributed by atoms with Gasteiger partial charge in [0, 0.05) is 29.7 Å². The number of carbonyl (C=O) groups is 1. The Balaban J connectivity index is 1.88. The lowest BCUT2D eigenvalue weighted by Crippen LogP contribution is -2.40. The van der Waals surface area contributed by atoms with Crippen LogP contribution >= 0.6 is 0 Å². The van der Waals surface area contributed by atoms with Gasteiger partial charge in [-0.25, -0.2) is 4.79 Å². The third kappa shape index (κ3) is 4.25. The van der Waals surface area contributed by atoms with Crippen LogP contribution in [0.5, 0.6) is 0 Å². The first kappa shape index (κ1) is 15.4. The standard InChI is InChI=1S/C17H25N3O/c1-12-13(14-7-5-6-8-15(14)20-12)9-10-18-16(21)19-11-17(2,3)4/h5-8,20H,9-11H2,1-4H3,(H2,18,19,21). The molecule has 0 aliphatic rings. The molecule has 0 saturated carbocycles. The number of benzene rings is 1. The predicted molar refractivity (Wildman–Crippen MR) is 87.6 cm³/mol. The van der Waals surface area contributed by atoms with Crippen LogP contribution in [0.25, 0.3) is 10.9 Å². The highest BCUT2D eigenvalue weighted by Gasteiger charge is 2.12. The van der Waals surface area contributed by atoms with E-state index in [0.717, 1.165) is 11.9 Å². The molecule has 4 nitrogen and oxygen atoms in total. The quantitative estimate of drug-likeness (QED) is 0.793. The largest absolute Gasteiger partial charge is 0.358 e. The van der Waals surface area contributed by atoms with E-state index in [4.69, 9.17) is 0 Å². The Labute approximate surface area is 126 Å². The fourth-order valence-electron chi connectivity index (χ4n) is 2.37. The topological polar surface area (TPSA) is 56.9 Å². The van der Waals surface area contributed by atoms with E-state index >= 15 is 0 Å². The first-order valence-corrected chi connectivity index (χ1v) is 7.45. The number of amides is 2. The average Bonchev–Trinajstić information content (AvgIpc) is 2.72. The van der Waals surface area contributed by atoms with Crippen molar-refractivity contribution in [2.75, 3.05) is 13.1 Å². The van der Waals surface area contributed by atoms with E-state index < -0.39 is 0 Å². The van der Waals surface area contributed by atoms with Crippen molar-refractivity contribution in [2.45, 2.75) is 34.1 Å². The van der Waals surface area contributed by atoms with Gasteiger partial charge in [-0.15, -0.1) is 0 Å². The minimum absolute atomic E-state index is 0.0950. The summed E-state index contributed by atoms with van der Waals surface area (Å²) in [5.74, 6) is 0. The average molecular weight is 287 g/mol. The second-order valence-corrected chi connectivity index (χ2v) is 6.69. The molecule has 0 aliphatic heterocycles. The van der Waals surface area contributed by atoms with Crippen molar-refractivity contribution in [1.82, 2.24) is 15.6 Å². The van der Waals surface area contributed by atoms with Gasteiger partial charge in [0.1, 0.15) is 0 Å². The first-order chi connectivity index (χ1) is 9.87. The Morgan fingerprint density at radius 3 is 2.62 bits per heavy atom. The lowest BCUT2D eigenvalue weighted by Gasteiger charge is -2.18. The van der Waals surface area contributed by atoms with Gasteiger partial charge < -0.3 is 15.6 Å². The summed E-state index contributed by atoms with van der Waals surface area (Å²) in [4.78, 5) is 15.1. The minimum Gasteiger partial charge on any atom is -0.358 e. The van der Waals surface area contributed by atoms with Crippen LogP contribution in [0, 0.1) is 12.3 Å². The second kappa shape index (κ2) is 6.20. The molecular formula is C17H25N3O. The van der Waals surface area contributed by atoms with E-state index in [-0.39, 0.29) is 11.4 Å². The molecule has 0 unspecified atom stereocenters. The van der Waals surface area contributed by atoms with E-state index in [0.29, 0.717) is 13.1 Å².